The van der Waals surface area contributed by atoms with Crippen molar-refractivity contribution in [2.75, 3.05) is 31.1 Å². The molecule has 2 heterocycles. The van der Waals surface area contributed by atoms with E-state index < -0.39 is 11.4 Å². The van der Waals surface area contributed by atoms with E-state index in [9.17, 15) is 9.59 Å². The maximum atomic E-state index is 12.2. The van der Waals surface area contributed by atoms with Crippen molar-refractivity contribution >= 4 is 17.8 Å². The molecule has 1 N–H and O–H groups in total. The van der Waals surface area contributed by atoms with Gasteiger partial charge in [0, 0.05) is 38.6 Å². The van der Waals surface area contributed by atoms with E-state index in [0.717, 1.165) is 0 Å². The van der Waals surface area contributed by atoms with Gasteiger partial charge in [0.15, 0.2) is 0 Å². The smallest absolute Gasteiger partial charge is 0.318 e. The van der Waals surface area contributed by atoms with Crippen LogP contribution in [-0.2, 0) is 9.59 Å². The van der Waals surface area contributed by atoms with E-state index >= 15 is 0 Å². The van der Waals surface area contributed by atoms with Gasteiger partial charge >= 0.3 is 5.97 Å². The van der Waals surface area contributed by atoms with E-state index in [1.807, 2.05) is 4.90 Å². The Labute approximate surface area is 117 Å². The zero-order chi connectivity index (χ0) is 14.8. The molecule has 0 saturated carbocycles. The van der Waals surface area contributed by atoms with Crippen LogP contribution in [0.15, 0.2) is 18.5 Å². The molecule has 1 aliphatic heterocycles. The summed E-state index contributed by atoms with van der Waals surface area (Å²) in [6, 6.07) is 1.75. The number of carbonyl (C=O) groups is 2. The fraction of sp³-hybridized carbons (Fsp3) is 0.538. The highest BCUT2D eigenvalue weighted by Crippen LogP contribution is 2.21. The molecule has 1 aliphatic rings. The molecule has 2 rings (SSSR count). The number of aliphatic carboxylic acids is 1. The Morgan fingerprint density at radius 1 is 1.15 bits per heavy atom. The van der Waals surface area contributed by atoms with Gasteiger partial charge in [-0.2, -0.15) is 0 Å². The minimum Gasteiger partial charge on any atom is -0.480 e. The minimum atomic E-state index is -1.38. The van der Waals surface area contributed by atoms with Crippen molar-refractivity contribution in [3.05, 3.63) is 18.5 Å². The Hall–Kier alpha value is -2.18. The minimum absolute atomic E-state index is 0.348. The number of carboxylic acid groups (broad SMARTS) is 1. The fourth-order valence-corrected chi connectivity index (χ4v) is 2.05. The molecule has 1 aromatic rings. The van der Waals surface area contributed by atoms with Crippen LogP contribution in [0.2, 0.25) is 0 Å². The van der Waals surface area contributed by atoms with Gasteiger partial charge < -0.3 is 14.9 Å². The first-order valence-electron chi connectivity index (χ1n) is 6.47. The summed E-state index contributed by atoms with van der Waals surface area (Å²) in [5.74, 6) is -0.813. The van der Waals surface area contributed by atoms with Crippen molar-refractivity contribution in [1.82, 2.24) is 14.9 Å². The van der Waals surface area contributed by atoms with Gasteiger partial charge in [-0.1, -0.05) is 0 Å². The number of hydrogen-bond donors (Lipinski definition) is 1. The Bertz CT molecular complexity index is 496. The lowest BCUT2D eigenvalue weighted by molar-refractivity contribution is -0.158. The molecule has 1 aromatic heterocycles. The molecule has 1 fully saturated rings. The molecule has 0 bridgehead atoms. The van der Waals surface area contributed by atoms with Gasteiger partial charge in [-0.3, -0.25) is 9.59 Å². The van der Waals surface area contributed by atoms with Gasteiger partial charge in [0.2, 0.25) is 11.9 Å². The van der Waals surface area contributed by atoms with Crippen molar-refractivity contribution in [3.8, 4) is 0 Å². The Kier molecular flexibility index (Phi) is 3.87. The molecular weight excluding hydrogens is 260 g/mol. The molecule has 0 aliphatic carbocycles. The Morgan fingerprint density at radius 3 is 2.20 bits per heavy atom. The van der Waals surface area contributed by atoms with Gasteiger partial charge in [-0.15, -0.1) is 0 Å². The zero-order valence-corrected chi connectivity index (χ0v) is 11.6. The highest BCUT2D eigenvalue weighted by atomic mass is 16.4. The number of amides is 1. The summed E-state index contributed by atoms with van der Waals surface area (Å²) in [6.07, 6.45) is 3.35. The topological polar surface area (TPSA) is 86.6 Å². The lowest BCUT2D eigenvalue weighted by Crippen LogP contribution is -2.54. The fourth-order valence-electron chi connectivity index (χ4n) is 2.05. The molecule has 1 saturated heterocycles. The third kappa shape index (κ3) is 2.71. The van der Waals surface area contributed by atoms with E-state index in [1.165, 1.54) is 13.8 Å². The molecule has 7 heteroatoms. The molecule has 108 valence electrons. The molecule has 0 spiro atoms. The van der Waals surface area contributed by atoms with E-state index in [4.69, 9.17) is 5.11 Å². The van der Waals surface area contributed by atoms with Crippen LogP contribution in [-0.4, -0.2) is 58.0 Å². The van der Waals surface area contributed by atoms with E-state index in [1.54, 1.807) is 23.4 Å². The largest absolute Gasteiger partial charge is 0.480 e. The standard InChI is InChI=1S/C13H18N4O3/c1-13(2,11(19)20)10(18)16-6-8-17(9-7-16)12-14-4-3-5-15-12/h3-5H,6-9H2,1-2H3,(H,19,20). The summed E-state index contributed by atoms with van der Waals surface area (Å²) in [5.41, 5.74) is -1.38. The third-order valence-electron chi connectivity index (χ3n) is 3.47. The summed E-state index contributed by atoms with van der Waals surface area (Å²) in [7, 11) is 0. The van der Waals surface area contributed by atoms with Gasteiger partial charge in [-0.25, -0.2) is 9.97 Å². The van der Waals surface area contributed by atoms with E-state index in [2.05, 4.69) is 9.97 Å². The normalized spacial score (nSPS) is 16.1. The zero-order valence-electron chi connectivity index (χ0n) is 11.6. The predicted octanol–water partition coefficient (Wildman–Crippen LogP) is 0.236. The SMILES string of the molecule is CC(C)(C(=O)O)C(=O)N1CCN(c2ncccn2)CC1. The Morgan fingerprint density at radius 2 is 1.70 bits per heavy atom. The summed E-state index contributed by atoms with van der Waals surface area (Å²) in [6.45, 7) is 5.03. The number of piperazine rings is 1. The molecule has 0 radical (unpaired) electrons. The number of carboxylic acids is 1. The van der Waals surface area contributed by atoms with Crippen molar-refractivity contribution in [1.29, 1.82) is 0 Å². The lowest BCUT2D eigenvalue weighted by Gasteiger charge is -2.37. The van der Waals surface area contributed by atoms with Crippen molar-refractivity contribution in [3.63, 3.8) is 0 Å². The average molecular weight is 278 g/mol. The quantitative estimate of drug-likeness (QED) is 0.797. The number of hydrogen-bond acceptors (Lipinski definition) is 5. The molecule has 0 unspecified atom stereocenters. The molecule has 0 atom stereocenters. The van der Waals surface area contributed by atoms with Crippen LogP contribution in [0.5, 0.6) is 0 Å². The lowest BCUT2D eigenvalue weighted by atomic mass is 9.91. The highest BCUT2D eigenvalue weighted by molar-refractivity contribution is 6.01. The van der Waals surface area contributed by atoms with Crippen LogP contribution in [0, 0.1) is 5.41 Å². The van der Waals surface area contributed by atoms with Crippen LogP contribution in [0.3, 0.4) is 0 Å². The summed E-state index contributed by atoms with van der Waals surface area (Å²) in [5, 5.41) is 9.09. The molecular formula is C13H18N4O3. The van der Waals surface area contributed by atoms with Gasteiger partial charge in [0.1, 0.15) is 5.41 Å². The maximum absolute atomic E-state index is 12.2. The Balaban J connectivity index is 1.98. The van der Waals surface area contributed by atoms with Crippen LogP contribution in [0.1, 0.15) is 13.8 Å². The summed E-state index contributed by atoms with van der Waals surface area (Å²) < 4.78 is 0. The van der Waals surface area contributed by atoms with Crippen molar-refractivity contribution in [2.24, 2.45) is 5.41 Å². The highest BCUT2D eigenvalue weighted by Gasteiger charge is 2.40. The number of rotatable bonds is 3. The van der Waals surface area contributed by atoms with E-state index in [-0.39, 0.29) is 5.91 Å². The summed E-state index contributed by atoms with van der Waals surface area (Å²) >= 11 is 0. The first kappa shape index (κ1) is 14.2. The first-order chi connectivity index (χ1) is 9.43. The van der Waals surface area contributed by atoms with Crippen LogP contribution >= 0.6 is 0 Å². The maximum Gasteiger partial charge on any atom is 0.318 e. The number of carbonyl (C=O) groups excluding carboxylic acids is 1. The number of anilines is 1. The third-order valence-corrected chi connectivity index (χ3v) is 3.47. The van der Waals surface area contributed by atoms with Gasteiger partial charge in [-0.05, 0) is 19.9 Å². The number of aromatic nitrogens is 2. The second-order valence-electron chi connectivity index (χ2n) is 5.26. The average Bonchev–Trinajstić information content (AvgIpc) is 2.47. The molecule has 1 amide bonds. The van der Waals surface area contributed by atoms with Crippen molar-refractivity contribution in [2.45, 2.75) is 13.8 Å². The van der Waals surface area contributed by atoms with Crippen LogP contribution in [0.4, 0.5) is 5.95 Å². The predicted molar refractivity (Wildman–Crippen MR) is 72.2 cm³/mol. The van der Waals surface area contributed by atoms with Gasteiger partial charge in [0.05, 0.1) is 0 Å². The molecule has 7 nitrogen and oxygen atoms in total. The van der Waals surface area contributed by atoms with Gasteiger partial charge in [0.25, 0.3) is 0 Å². The number of nitrogens with zero attached hydrogens (tertiary/aromatic N) is 4. The van der Waals surface area contributed by atoms with Crippen molar-refractivity contribution < 1.29 is 14.7 Å². The second kappa shape index (κ2) is 5.44. The summed E-state index contributed by atoms with van der Waals surface area (Å²) in [4.78, 5) is 35.2. The second-order valence-corrected chi connectivity index (χ2v) is 5.26. The molecule has 20 heavy (non-hydrogen) atoms. The first-order valence-corrected chi connectivity index (χ1v) is 6.47. The van der Waals surface area contributed by atoms with Crippen LogP contribution < -0.4 is 4.90 Å². The van der Waals surface area contributed by atoms with Crippen LogP contribution in [0.25, 0.3) is 0 Å². The monoisotopic (exact) mass is 278 g/mol. The molecule has 0 aromatic carbocycles. The van der Waals surface area contributed by atoms with E-state index in [0.29, 0.717) is 32.1 Å².